The van der Waals surface area contributed by atoms with Gasteiger partial charge in [-0.2, -0.15) is 0 Å². The maximum absolute atomic E-state index is 12.3. The van der Waals surface area contributed by atoms with E-state index in [1.807, 2.05) is 55.2 Å². The summed E-state index contributed by atoms with van der Waals surface area (Å²) in [6.45, 7) is 4.49. The molecule has 0 unspecified atom stereocenters. The highest BCUT2D eigenvalue weighted by Crippen LogP contribution is 2.22. The summed E-state index contributed by atoms with van der Waals surface area (Å²) in [6, 6.07) is 7.92. The van der Waals surface area contributed by atoms with Gasteiger partial charge in [0.05, 0.1) is 21.3 Å². The largest absolute Gasteiger partial charge is 0.351 e. The second-order valence-electron chi connectivity index (χ2n) is 5.14. The molecule has 2 aromatic heterocycles. The van der Waals surface area contributed by atoms with Crippen LogP contribution in [0, 0.1) is 13.8 Å². The molecule has 3 aromatic rings. The zero-order valence-corrected chi connectivity index (χ0v) is 13.1. The molecule has 1 aromatic carbocycles. The standard InChI is InChI=1S/C16H17N3OS/c1-10-7-13(11(2)19(10)3)16(20)17-8-12-5-4-6-14-15(12)21-9-18-14/h4-7,9H,8H2,1-3H3,(H,17,20). The first-order valence-corrected chi connectivity index (χ1v) is 7.68. The summed E-state index contributed by atoms with van der Waals surface area (Å²) in [5, 5.41) is 3.01. The van der Waals surface area contributed by atoms with Crippen molar-refractivity contribution in [1.29, 1.82) is 0 Å². The van der Waals surface area contributed by atoms with E-state index in [0.29, 0.717) is 6.54 Å². The molecular weight excluding hydrogens is 282 g/mol. The molecule has 0 fully saturated rings. The fourth-order valence-electron chi connectivity index (χ4n) is 2.44. The van der Waals surface area contributed by atoms with E-state index in [1.54, 1.807) is 11.3 Å². The summed E-state index contributed by atoms with van der Waals surface area (Å²) in [4.78, 5) is 16.6. The number of thiazole rings is 1. The monoisotopic (exact) mass is 299 g/mol. The van der Waals surface area contributed by atoms with Gasteiger partial charge in [0.1, 0.15) is 0 Å². The Bertz CT molecular complexity index is 816. The van der Waals surface area contributed by atoms with Crippen molar-refractivity contribution >= 4 is 27.5 Å². The summed E-state index contributed by atoms with van der Waals surface area (Å²) in [7, 11) is 1.97. The molecule has 1 amide bonds. The second-order valence-corrected chi connectivity index (χ2v) is 6.00. The molecular formula is C16H17N3OS. The predicted molar refractivity (Wildman–Crippen MR) is 85.7 cm³/mol. The molecule has 0 aliphatic carbocycles. The van der Waals surface area contributed by atoms with E-state index in [-0.39, 0.29) is 5.91 Å². The number of rotatable bonds is 3. The molecule has 3 rings (SSSR count). The Morgan fingerprint density at radius 1 is 1.38 bits per heavy atom. The van der Waals surface area contributed by atoms with Crippen molar-refractivity contribution in [2.75, 3.05) is 0 Å². The van der Waals surface area contributed by atoms with E-state index >= 15 is 0 Å². The highest BCUT2D eigenvalue weighted by molar-refractivity contribution is 7.16. The summed E-state index contributed by atoms with van der Waals surface area (Å²) in [6.07, 6.45) is 0. The SMILES string of the molecule is Cc1cc(C(=O)NCc2cccc3ncsc23)c(C)n1C. The maximum Gasteiger partial charge on any atom is 0.253 e. The van der Waals surface area contributed by atoms with Crippen molar-refractivity contribution in [1.82, 2.24) is 14.9 Å². The third-order valence-corrected chi connectivity index (χ3v) is 4.82. The Morgan fingerprint density at radius 2 is 2.19 bits per heavy atom. The molecule has 4 nitrogen and oxygen atoms in total. The van der Waals surface area contributed by atoms with Crippen molar-refractivity contribution in [3.63, 3.8) is 0 Å². The van der Waals surface area contributed by atoms with Crippen LogP contribution in [-0.4, -0.2) is 15.5 Å². The van der Waals surface area contributed by atoms with Crippen LogP contribution in [0.1, 0.15) is 27.3 Å². The molecule has 0 saturated carbocycles. The van der Waals surface area contributed by atoms with Crippen molar-refractivity contribution in [2.45, 2.75) is 20.4 Å². The van der Waals surface area contributed by atoms with Crippen LogP contribution in [0.5, 0.6) is 0 Å². The number of hydrogen-bond acceptors (Lipinski definition) is 3. The van der Waals surface area contributed by atoms with Crippen molar-refractivity contribution in [2.24, 2.45) is 7.05 Å². The molecule has 0 saturated heterocycles. The van der Waals surface area contributed by atoms with Crippen molar-refractivity contribution in [3.05, 3.63) is 52.3 Å². The normalized spacial score (nSPS) is 11.0. The first-order valence-electron chi connectivity index (χ1n) is 6.80. The number of carbonyl (C=O) groups excluding carboxylic acids is 1. The van der Waals surface area contributed by atoms with Gasteiger partial charge in [0.2, 0.25) is 0 Å². The van der Waals surface area contributed by atoms with E-state index in [4.69, 9.17) is 0 Å². The number of aromatic nitrogens is 2. The van der Waals surface area contributed by atoms with Gasteiger partial charge in [0.15, 0.2) is 0 Å². The molecule has 21 heavy (non-hydrogen) atoms. The fourth-order valence-corrected chi connectivity index (χ4v) is 3.24. The summed E-state index contributed by atoms with van der Waals surface area (Å²) in [5.74, 6) is -0.0299. The zero-order valence-electron chi connectivity index (χ0n) is 12.3. The molecule has 0 aliphatic rings. The van der Waals surface area contributed by atoms with E-state index in [9.17, 15) is 4.79 Å². The number of benzene rings is 1. The minimum Gasteiger partial charge on any atom is -0.351 e. The molecule has 108 valence electrons. The van der Waals surface area contributed by atoms with Crippen molar-refractivity contribution < 1.29 is 4.79 Å². The molecule has 0 aliphatic heterocycles. The third kappa shape index (κ3) is 2.45. The van der Waals surface area contributed by atoms with Crippen LogP contribution < -0.4 is 5.32 Å². The summed E-state index contributed by atoms with van der Waals surface area (Å²) < 4.78 is 3.16. The van der Waals surface area contributed by atoms with Crippen LogP contribution in [0.25, 0.3) is 10.2 Å². The lowest BCUT2D eigenvalue weighted by Crippen LogP contribution is -2.23. The molecule has 1 N–H and O–H groups in total. The molecule has 0 spiro atoms. The van der Waals surface area contributed by atoms with E-state index < -0.39 is 0 Å². The van der Waals surface area contributed by atoms with Crippen LogP contribution in [0.15, 0.2) is 29.8 Å². The Labute approximate surface area is 127 Å². The van der Waals surface area contributed by atoms with Crippen LogP contribution in [0.3, 0.4) is 0 Å². The number of carbonyl (C=O) groups is 1. The number of fused-ring (bicyclic) bond motifs is 1. The highest BCUT2D eigenvalue weighted by Gasteiger charge is 2.14. The van der Waals surface area contributed by atoms with Crippen molar-refractivity contribution in [3.8, 4) is 0 Å². The zero-order chi connectivity index (χ0) is 15.0. The average Bonchev–Trinajstić information content (AvgIpc) is 3.05. The Balaban J connectivity index is 1.80. The average molecular weight is 299 g/mol. The Morgan fingerprint density at radius 3 is 2.90 bits per heavy atom. The quantitative estimate of drug-likeness (QED) is 0.807. The van der Waals surface area contributed by atoms with Gasteiger partial charge >= 0.3 is 0 Å². The number of nitrogens with zero attached hydrogens (tertiary/aromatic N) is 2. The highest BCUT2D eigenvalue weighted by atomic mass is 32.1. The number of hydrogen-bond donors (Lipinski definition) is 1. The van der Waals surface area contributed by atoms with Crippen LogP contribution in [0.2, 0.25) is 0 Å². The smallest absolute Gasteiger partial charge is 0.253 e. The van der Waals surface area contributed by atoms with Gasteiger partial charge in [0.25, 0.3) is 5.91 Å². The first-order chi connectivity index (χ1) is 10.1. The molecule has 2 heterocycles. The lowest BCUT2D eigenvalue weighted by Gasteiger charge is -2.06. The van der Waals surface area contributed by atoms with Gasteiger partial charge in [-0.25, -0.2) is 4.98 Å². The Hall–Kier alpha value is -2.14. The van der Waals surface area contributed by atoms with Gasteiger partial charge in [-0.05, 0) is 31.5 Å². The Kier molecular flexibility index (Phi) is 3.51. The van der Waals surface area contributed by atoms with Crippen LogP contribution in [0.4, 0.5) is 0 Å². The number of nitrogens with one attached hydrogen (secondary N) is 1. The van der Waals surface area contributed by atoms with E-state index in [0.717, 1.165) is 32.7 Å². The summed E-state index contributed by atoms with van der Waals surface area (Å²) in [5.41, 5.74) is 6.74. The van der Waals surface area contributed by atoms with Gasteiger partial charge < -0.3 is 9.88 Å². The lowest BCUT2D eigenvalue weighted by atomic mass is 10.2. The van der Waals surface area contributed by atoms with Gasteiger partial charge in [-0.1, -0.05) is 12.1 Å². The number of amides is 1. The van der Waals surface area contributed by atoms with E-state index in [2.05, 4.69) is 10.3 Å². The minimum atomic E-state index is -0.0299. The van der Waals surface area contributed by atoms with Crippen LogP contribution in [-0.2, 0) is 13.6 Å². The molecule has 0 radical (unpaired) electrons. The maximum atomic E-state index is 12.3. The number of aryl methyl sites for hydroxylation is 1. The lowest BCUT2D eigenvalue weighted by molar-refractivity contribution is 0.0950. The van der Waals surface area contributed by atoms with E-state index in [1.165, 1.54) is 0 Å². The molecule has 5 heteroatoms. The third-order valence-electron chi connectivity index (χ3n) is 3.90. The van der Waals surface area contributed by atoms with Gasteiger partial charge in [-0.15, -0.1) is 11.3 Å². The fraction of sp³-hybridized carbons (Fsp3) is 0.250. The summed E-state index contributed by atoms with van der Waals surface area (Å²) >= 11 is 1.60. The van der Waals surface area contributed by atoms with Gasteiger partial charge in [-0.3, -0.25) is 4.79 Å². The van der Waals surface area contributed by atoms with Crippen LogP contribution >= 0.6 is 11.3 Å². The first kappa shape index (κ1) is 13.8. The molecule has 0 atom stereocenters. The minimum absolute atomic E-state index is 0.0299. The predicted octanol–water partition coefficient (Wildman–Crippen LogP) is 3.18. The van der Waals surface area contributed by atoms with Gasteiger partial charge in [0, 0.05) is 25.0 Å². The second kappa shape index (κ2) is 5.33. The molecule has 0 bridgehead atoms. The topological polar surface area (TPSA) is 46.9 Å².